The molecule has 0 aliphatic heterocycles. The van der Waals surface area contributed by atoms with Gasteiger partial charge in [-0.05, 0) is 6.42 Å². The van der Waals surface area contributed by atoms with Crippen LogP contribution < -0.4 is 0 Å². The predicted octanol–water partition coefficient (Wildman–Crippen LogP) is 2.37. The van der Waals surface area contributed by atoms with Gasteiger partial charge in [0.05, 0.1) is 0 Å². The van der Waals surface area contributed by atoms with Crippen molar-refractivity contribution in [2.45, 2.75) is 26.2 Å². The monoisotopic (exact) mass is 154 g/mol. The fraction of sp³-hybridized carbons (Fsp3) is 0.444. The first-order chi connectivity index (χ1) is 5.27. The molecule has 0 heterocycles. The fourth-order valence-electron chi connectivity index (χ4n) is 0.635. The summed E-state index contributed by atoms with van der Waals surface area (Å²) in [7, 11) is 0. The Morgan fingerprint density at radius 1 is 1.45 bits per heavy atom. The molecule has 0 saturated heterocycles. The minimum absolute atomic E-state index is 0.898. The van der Waals surface area contributed by atoms with Crippen molar-refractivity contribution in [1.82, 2.24) is 0 Å². The number of allylic oxidation sites excluding steroid dienone is 3. The van der Waals surface area contributed by atoms with Crippen LogP contribution in [0.4, 0.5) is 0 Å². The third-order valence-corrected chi connectivity index (χ3v) is 1.21. The van der Waals surface area contributed by atoms with E-state index in [1.54, 1.807) is 6.08 Å². The summed E-state index contributed by atoms with van der Waals surface area (Å²) in [5, 5.41) is 8.20. The van der Waals surface area contributed by atoms with E-state index in [0.29, 0.717) is 0 Å². The second-order valence-corrected chi connectivity index (χ2v) is 2.27. The number of rotatable bonds is 5. The van der Waals surface area contributed by atoms with E-state index in [4.69, 9.17) is 5.11 Å². The molecular weight excluding hydrogens is 140 g/mol. The highest BCUT2D eigenvalue weighted by Gasteiger charge is 1.80. The maximum atomic E-state index is 9.97. The first-order valence-electron chi connectivity index (χ1n) is 3.83. The number of unbranched alkanes of at least 4 members (excludes halogenated alkanes) is 2. The van der Waals surface area contributed by atoms with Gasteiger partial charge in [0, 0.05) is 6.08 Å². The van der Waals surface area contributed by atoms with Gasteiger partial charge in [0.1, 0.15) is 0 Å². The van der Waals surface area contributed by atoms with E-state index in [9.17, 15) is 4.79 Å². The molecule has 0 amide bonds. The van der Waals surface area contributed by atoms with Gasteiger partial charge in [0.2, 0.25) is 0 Å². The molecule has 0 aromatic rings. The van der Waals surface area contributed by atoms with Crippen LogP contribution >= 0.6 is 0 Å². The van der Waals surface area contributed by atoms with Crippen LogP contribution in [0.5, 0.6) is 0 Å². The third-order valence-electron chi connectivity index (χ3n) is 1.21. The van der Waals surface area contributed by atoms with Crippen molar-refractivity contribution >= 4 is 5.97 Å². The lowest BCUT2D eigenvalue weighted by molar-refractivity contribution is -0.131. The summed E-state index contributed by atoms with van der Waals surface area (Å²) < 4.78 is 0. The quantitative estimate of drug-likeness (QED) is 0.375. The molecule has 2 nitrogen and oxygen atoms in total. The zero-order valence-corrected chi connectivity index (χ0v) is 6.79. The van der Waals surface area contributed by atoms with Crippen LogP contribution in [0.2, 0.25) is 0 Å². The smallest absolute Gasteiger partial charge is 0.328 e. The van der Waals surface area contributed by atoms with Gasteiger partial charge in [-0.3, -0.25) is 0 Å². The highest BCUT2D eigenvalue weighted by Crippen LogP contribution is 1.94. The fourth-order valence-corrected chi connectivity index (χ4v) is 0.635. The van der Waals surface area contributed by atoms with E-state index in [-0.39, 0.29) is 0 Å². The average molecular weight is 154 g/mol. The molecule has 0 bridgehead atoms. The molecule has 0 aromatic carbocycles. The highest BCUT2D eigenvalue weighted by molar-refractivity contribution is 5.80. The lowest BCUT2D eigenvalue weighted by atomic mass is 10.2. The van der Waals surface area contributed by atoms with Crippen molar-refractivity contribution in [1.29, 1.82) is 0 Å². The standard InChI is InChI=1S/C9H14O2/c1-2-3-4-5-6-7-8-9(10)11/h5-8H,2-4H2,1H3,(H,10,11)/b6-5+,8-7?. The molecule has 0 aliphatic carbocycles. The Morgan fingerprint density at radius 2 is 2.18 bits per heavy atom. The number of carbonyl (C=O) groups is 1. The Labute approximate surface area is 67.2 Å². The molecule has 0 rings (SSSR count). The SMILES string of the molecule is CCCC/C=C/C=CC(=O)O. The topological polar surface area (TPSA) is 37.3 Å². The van der Waals surface area contributed by atoms with Gasteiger partial charge in [-0.25, -0.2) is 4.79 Å². The molecule has 62 valence electrons. The molecular formula is C9H14O2. The van der Waals surface area contributed by atoms with E-state index < -0.39 is 5.97 Å². The summed E-state index contributed by atoms with van der Waals surface area (Å²) in [6.45, 7) is 2.13. The zero-order chi connectivity index (χ0) is 8.53. The Morgan fingerprint density at radius 3 is 2.73 bits per heavy atom. The van der Waals surface area contributed by atoms with E-state index in [0.717, 1.165) is 18.9 Å². The summed E-state index contributed by atoms with van der Waals surface area (Å²) in [4.78, 5) is 9.97. The van der Waals surface area contributed by atoms with E-state index >= 15 is 0 Å². The Kier molecular flexibility index (Phi) is 6.39. The van der Waals surface area contributed by atoms with Crippen LogP contribution in [0.3, 0.4) is 0 Å². The van der Waals surface area contributed by atoms with Crippen LogP contribution in [-0.4, -0.2) is 11.1 Å². The molecule has 11 heavy (non-hydrogen) atoms. The molecule has 0 fully saturated rings. The van der Waals surface area contributed by atoms with Crippen molar-refractivity contribution in [3.8, 4) is 0 Å². The number of hydrogen-bond acceptors (Lipinski definition) is 1. The number of carboxylic acid groups (broad SMARTS) is 1. The molecule has 2 heteroatoms. The van der Waals surface area contributed by atoms with Crippen molar-refractivity contribution in [3.63, 3.8) is 0 Å². The molecule has 0 aromatic heterocycles. The summed E-state index contributed by atoms with van der Waals surface area (Å²) in [5.41, 5.74) is 0. The van der Waals surface area contributed by atoms with Crippen LogP contribution in [0.1, 0.15) is 26.2 Å². The van der Waals surface area contributed by atoms with Gasteiger partial charge in [-0.1, -0.05) is 38.0 Å². The van der Waals surface area contributed by atoms with Gasteiger partial charge in [0.15, 0.2) is 0 Å². The molecule has 0 saturated carbocycles. The second-order valence-electron chi connectivity index (χ2n) is 2.27. The van der Waals surface area contributed by atoms with Crippen molar-refractivity contribution in [2.24, 2.45) is 0 Å². The first-order valence-corrected chi connectivity index (χ1v) is 3.83. The summed E-state index contributed by atoms with van der Waals surface area (Å²) in [5.74, 6) is -0.898. The molecule has 0 unspecified atom stereocenters. The minimum Gasteiger partial charge on any atom is -0.478 e. The Balaban J connectivity index is 3.36. The van der Waals surface area contributed by atoms with Gasteiger partial charge in [-0.15, -0.1) is 0 Å². The molecule has 0 spiro atoms. The van der Waals surface area contributed by atoms with Gasteiger partial charge < -0.3 is 5.11 Å². The third kappa shape index (κ3) is 8.95. The van der Waals surface area contributed by atoms with Crippen molar-refractivity contribution < 1.29 is 9.90 Å². The molecule has 0 radical (unpaired) electrons. The van der Waals surface area contributed by atoms with Crippen molar-refractivity contribution in [3.05, 3.63) is 24.3 Å². The molecule has 1 N–H and O–H groups in total. The first kappa shape index (κ1) is 9.95. The van der Waals surface area contributed by atoms with Crippen LogP contribution in [0, 0.1) is 0 Å². The average Bonchev–Trinajstić information content (AvgIpc) is 1.96. The molecule has 0 atom stereocenters. The van der Waals surface area contributed by atoms with Crippen LogP contribution in [0.15, 0.2) is 24.3 Å². The molecule has 0 aliphatic rings. The zero-order valence-electron chi connectivity index (χ0n) is 6.79. The van der Waals surface area contributed by atoms with E-state index in [1.807, 2.05) is 6.08 Å². The lowest BCUT2D eigenvalue weighted by Crippen LogP contribution is -1.84. The van der Waals surface area contributed by atoms with E-state index in [1.165, 1.54) is 12.5 Å². The normalized spacial score (nSPS) is 11.4. The summed E-state index contributed by atoms with van der Waals surface area (Å²) in [6, 6.07) is 0. The van der Waals surface area contributed by atoms with Crippen LogP contribution in [0.25, 0.3) is 0 Å². The van der Waals surface area contributed by atoms with E-state index in [2.05, 4.69) is 6.92 Å². The maximum absolute atomic E-state index is 9.97. The summed E-state index contributed by atoms with van der Waals surface area (Å²) >= 11 is 0. The minimum atomic E-state index is -0.898. The van der Waals surface area contributed by atoms with Crippen molar-refractivity contribution in [2.75, 3.05) is 0 Å². The lowest BCUT2D eigenvalue weighted by Gasteiger charge is -1.85. The number of carboxylic acids is 1. The second kappa shape index (κ2) is 7.06. The number of hydrogen-bond donors (Lipinski definition) is 1. The predicted molar refractivity (Wildman–Crippen MR) is 45.4 cm³/mol. The van der Waals surface area contributed by atoms with Gasteiger partial charge >= 0.3 is 5.97 Å². The Bertz CT molecular complexity index is 157. The largest absolute Gasteiger partial charge is 0.478 e. The maximum Gasteiger partial charge on any atom is 0.328 e. The Hall–Kier alpha value is -1.05. The summed E-state index contributed by atoms with van der Waals surface area (Å²) in [6.07, 6.45) is 9.78. The van der Waals surface area contributed by atoms with Gasteiger partial charge in [-0.2, -0.15) is 0 Å². The van der Waals surface area contributed by atoms with Crippen LogP contribution in [-0.2, 0) is 4.79 Å². The van der Waals surface area contributed by atoms with Gasteiger partial charge in [0.25, 0.3) is 0 Å². The highest BCUT2D eigenvalue weighted by atomic mass is 16.4. The number of aliphatic carboxylic acids is 1.